The van der Waals surface area contributed by atoms with Gasteiger partial charge in [0.15, 0.2) is 12.1 Å². The maximum atomic E-state index is 12.4. The Kier molecular flexibility index (Phi) is 7.64. The zero-order chi connectivity index (χ0) is 24.5. The number of hydrogen-bond acceptors (Lipinski definition) is 7. The average molecular weight is 540 g/mol. The van der Waals surface area contributed by atoms with Crippen LogP contribution >= 0.6 is 15.9 Å². The third kappa shape index (κ3) is 6.15. The standard InChI is InChI=1S/C25H39BrN4O4/c1-24(2,3)34-23(31)29-11-9-28(10-12-29)22-20(14-19(26)15-27-22)30-16-18(17-30)25(4,5)33-21-8-6-7-13-32-21/h14-15,18,21H,6-13,16-17H2,1-5H3. The molecule has 34 heavy (non-hydrogen) atoms. The molecule has 1 unspecified atom stereocenters. The Morgan fingerprint density at radius 2 is 1.79 bits per heavy atom. The van der Waals surface area contributed by atoms with Crippen LogP contribution in [0.5, 0.6) is 0 Å². The Morgan fingerprint density at radius 1 is 1.09 bits per heavy atom. The highest BCUT2D eigenvalue weighted by molar-refractivity contribution is 9.10. The van der Waals surface area contributed by atoms with Crippen molar-refractivity contribution in [2.45, 2.75) is 71.4 Å². The summed E-state index contributed by atoms with van der Waals surface area (Å²) in [6, 6.07) is 2.15. The summed E-state index contributed by atoms with van der Waals surface area (Å²) in [5.74, 6) is 1.40. The Balaban J connectivity index is 1.37. The summed E-state index contributed by atoms with van der Waals surface area (Å²) in [7, 11) is 0. The summed E-state index contributed by atoms with van der Waals surface area (Å²) >= 11 is 3.60. The first-order chi connectivity index (χ1) is 16.0. The minimum Gasteiger partial charge on any atom is -0.444 e. The van der Waals surface area contributed by atoms with Gasteiger partial charge in [-0.3, -0.25) is 0 Å². The molecule has 0 aromatic carbocycles. The Labute approximate surface area is 212 Å². The molecule has 1 aromatic heterocycles. The van der Waals surface area contributed by atoms with Crippen LogP contribution in [-0.4, -0.2) is 79.3 Å². The number of ether oxygens (including phenoxy) is 3. The number of carbonyl (C=O) groups excluding carboxylic acids is 1. The molecule has 0 bridgehead atoms. The summed E-state index contributed by atoms with van der Waals surface area (Å²) < 4.78 is 18.7. The first kappa shape index (κ1) is 25.5. The van der Waals surface area contributed by atoms with Gasteiger partial charge in [-0.05, 0) is 75.9 Å². The van der Waals surface area contributed by atoms with E-state index in [1.54, 1.807) is 4.90 Å². The first-order valence-electron chi connectivity index (χ1n) is 12.4. The fourth-order valence-electron chi connectivity index (χ4n) is 4.68. The first-order valence-corrected chi connectivity index (χ1v) is 13.2. The lowest BCUT2D eigenvalue weighted by molar-refractivity contribution is -0.231. The van der Waals surface area contributed by atoms with Crippen molar-refractivity contribution in [2.24, 2.45) is 5.92 Å². The molecule has 4 heterocycles. The molecule has 0 radical (unpaired) electrons. The van der Waals surface area contributed by atoms with Crippen molar-refractivity contribution in [3.8, 4) is 0 Å². The van der Waals surface area contributed by atoms with Crippen molar-refractivity contribution in [3.63, 3.8) is 0 Å². The summed E-state index contributed by atoms with van der Waals surface area (Å²) in [5, 5.41) is 0. The smallest absolute Gasteiger partial charge is 0.410 e. The monoisotopic (exact) mass is 538 g/mol. The van der Waals surface area contributed by atoms with Gasteiger partial charge < -0.3 is 28.9 Å². The minimum absolute atomic E-state index is 0.0813. The number of carbonyl (C=O) groups is 1. The van der Waals surface area contributed by atoms with Crippen LogP contribution in [0, 0.1) is 5.92 Å². The van der Waals surface area contributed by atoms with Crippen LogP contribution in [0.1, 0.15) is 53.9 Å². The number of hydrogen-bond donors (Lipinski definition) is 0. The van der Waals surface area contributed by atoms with E-state index in [0.29, 0.717) is 19.0 Å². The highest BCUT2D eigenvalue weighted by Crippen LogP contribution is 2.40. The van der Waals surface area contributed by atoms with Crippen LogP contribution in [0.3, 0.4) is 0 Å². The van der Waals surface area contributed by atoms with Gasteiger partial charge in [-0.25, -0.2) is 9.78 Å². The maximum absolute atomic E-state index is 12.4. The van der Waals surface area contributed by atoms with E-state index in [1.165, 1.54) is 6.42 Å². The Morgan fingerprint density at radius 3 is 2.41 bits per heavy atom. The molecule has 1 atom stereocenters. The normalized spacial score (nSPS) is 22.5. The zero-order valence-corrected chi connectivity index (χ0v) is 22.8. The summed E-state index contributed by atoms with van der Waals surface area (Å²) in [5.41, 5.74) is 0.404. The summed E-state index contributed by atoms with van der Waals surface area (Å²) in [4.78, 5) is 23.6. The quantitative estimate of drug-likeness (QED) is 0.539. The second-order valence-corrected chi connectivity index (χ2v) is 12.0. The topological polar surface area (TPSA) is 67.4 Å². The van der Waals surface area contributed by atoms with E-state index in [2.05, 4.69) is 45.6 Å². The number of nitrogens with zero attached hydrogens (tertiary/aromatic N) is 4. The van der Waals surface area contributed by atoms with E-state index < -0.39 is 5.60 Å². The molecule has 9 heteroatoms. The fraction of sp³-hybridized carbons (Fsp3) is 0.760. The van der Waals surface area contributed by atoms with Crippen molar-refractivity contribution in [1.82, 2.24) is 9.88 Å². The highest BCUT2D eigenvalue weighted by atomic mass is 79.9. The summed E-state index contributed by atoms with van der Waals surface area (Å²) in [6.45, 7) is 15.4. The van der Waals surface area contributed by atoms with Gasteiger partial charge in [-0.15, -0.1) is 0 Å². The molecule has 0 N–H and O–H groups in total. The molecule has 1 amide bonds. The van der Waals surface area contributed by atoms with E-state index in [0.717, 1.165) is 61.6 Å². The number of anilines is 2. The average Bonchev–Trinajstić information content (AvgIpc) is 2.72. The summed E-state index contributed by atoms with van der Waals surface area (Å²) in [6.07, 6.45) is 4.81. The van der Waals surface area contributed by atoms with Gasteiger partial charge in [0.2, 0.25) is 0 Å². The Hall–Kier alpha value is -1.58. The molecule has 190 valence electrons. The van der Waals surface area contributed by atoms with Crippen LogP contribution in [-0.2, 0) is 14.2 Å². The van der Waals surface area contributed by atoms with Gasteiger partial charge in [-0.2, -0.15) is 0 Å². The van der Waals surface area contributed by atoms with Crippen molar-refractivity contribution in [1.29, 1.82) is 0 Å². The second-order valence-electron chi connectivity index (χ2n) is 11.1. The number of aromatic nitrogens is 1. The van der Waals surface area contributed by atoms with E-state index >= 15 is 0 Å². The van der Waals surface area contributed by atoms with E-state index in [1.807, 2.05) is 27.0 Å². The lowest BCUT2D eigenvalue weighted by Gasteiger charge is -2.50. The molecule has 0 spiro atoms. The van der Waals surface area contributed by atoms with Crippen LogP contribution in [0.2, 0.25) is 0 Å². The van der Waals surface area contributed by atoms with Crippen molar-refractivity contribution >= 4 is 33.5 Å². The maximum Gasteiger partial charge on any atom is 0.410 e. The van der Waals surface area contributed by atoms with Crippen molar-refractivity contribution in [3.05, 3.63) is 16.7 Å². The SMILES string of the molecule is CC(C)(C)OC(=O)N1CCN(c2ncc(Br)cc2N2CC(C(C)(C)OC3CCCCO3)C2)CC1. The third-order valence-electron chi connectivity index (χ3n) is 6.82. The molecule has 3 aliphatic heterocycles. The van der Waals surface area contributed by atoms with Gasteiger partial charge >= 0.3 is 6.09 Å². The molecule has 1 aromatic rings. The number of piperazine rings is 1. The predicted molar refractivity (Wildman–Crippen MR) is 136 cm³/mol. The van der Waals surface area contributed by atoms with Gasteiger partial charge in [0.25, 0.3) is 0 Å². The number of amides is 1. The van der Waals surface area contributed by atoms with Crippen molar-refractivity contribution < 1.29 is 19.0 Å². The molecule has 3 saturated heterocycles. The molecule has 0 aliphatic carbocycles. The molecule has 8 nitrogen and oxygen atoms in total. The molecule has 3 aliphatic rings. The molecule has 0 saturated carbocycles. The Bertz CT molecular complexity index is 855. The minimum atomic E-state index is -0.483. The zero-order valence-electron chi connectivity index (χ0n) is 21.2. The second kappa shape index (κ2) is 10.2. The van der Waals surface area contributed by atoms with Gasteiger partial charge in [0.05, 0.1) is 11.3 Å². The van der Waals surface area contributed by atoms with Gasteiger partial charge in [-0.1, -0.05) is 0 Å². The number of pyridine rings is 1. The number of halogens is 1. The van der Waals surface area contributed by atoms with Gasteiger partial charge in [0.1, 0.15) is 5.60 Å². The van der Waals surface area contributed by atoms with Crippen molar-refractivity contribution in [2.75, 3.05) is 55.7 Å². The fourth-order valence-corrected chi connectivity index (χ4v) is 5.00. The van der Waals surface area contributed by atoms with Crippen LogP contribution in [0.25, 0.3) is 0 Å². The van der Waals surface area contributed by atoms with Gasteiger partial charge in [0, 0.05) is 62.5 Å². The lowest BCUT2D eigenvalue weighted by Crippen LogP contribution is -2.58. The largest absolute Gasteiger partial charge is 0.444 e. The highest BCUT2D eigenvalue weighted by Gasteiger charge is 2.42. The van der Waals surface area contributed by atoms with E-state index in [-0.39, 0.29) is 18.0 Å². The predicted octanol–water partition coefficient (Wildman–Crippen LogP) is 4.66. The third-order valence-corrected chi connectivity index (χ3v) is 7.26. The molecular formula is C25H39BrN4O4. The molecule has 4 rings (SSSR count). The van der Waals surface area contributed by atoms with E-state index in [9.17, 15) is 4.79 Å². The molecule has 3 fully saturated rings. The van der Waals surface area contributed by atoms with Crippen LogP contribution < -0.4 is 9.80 Å². The number of rotatable bonds is 5. The van der Waals surface area contributed by atoms with Crippen LogP contribution in [0.4, 0.5) is 16.3 Å². The van der Waals surface area contributed by atoms with Crippen LogP contribution in [0.15, 0.2) is 16.7 Å². The lowest BCUT2D eigenvalue weighted by atomic mass is 9.83. The molecular weight excluding hydrogens is 500 g/mol. The van der Waals surface area contributed by atoms with E-state index in [4.69, 9.17) is 19.2 Å².